The molecule has 0 unspecified atom stereocenters. The minimum Gasteiger partial charge on any atom is -0.397 e. The van der Waals surface area contributed by atoms with Crippen LogP contribution in [0.25, 0.3) is 0 Å². The molecule has 1 saturated carbocycles. The molecule has 2 rings (SSSR count). The fourth-order valence-electron chi connectivity index (χ4n) is 1.70. The zero-order valence-electron chi connectivity index (χ0n) is 8.97. The second kappa shape index (κ2) is 4.49. The number of anilines is 1. The van der Waals surface area contributed by atoms with Crippen molar-refractivity contribution in [2.24, 2.45) is 0 Å². The van der Waals surface area contributed by atoms with Crippen LogP contribution in [0.4, 0.5) is 5.69 Å². The van der Waals surface area contributed by atoms with Crippen molar-refractivity contribution in [1.29, 1.82) is 0 Å². The summed E-state index contributed by atoms with van der Waals surface area (Å²) in [5.41, 5.74) is 6.56. The molecule has 0 saturated heterocycles. The van der Waals surface area contributed by atoms with E-state index < -0.39 is 0 Å². The van der Waals surface area contributed by atoms with Crippen LogP contribution >= 0.6 is 0 Å². The summed E-state index contributed by atoms with van der Waals surface area (Å²) in [6, 6.07) is 1.89. The summed E-state index contributed by atoms with van der Waals surface area (Å²) in [7, 11) is 0. The smallest absolute Gasteiger partial charge is 0.256 e. The predicted octanol–water partition coefficient (Wildman–Crippen LogP) is 0.261. The summed E-state index contributed by atoms with van der Waals surface area (Å²) in [5.74, 6) is -0.114. The third-order valence-corrected chi connectivity index (χ3v) is 2.67. The van der Waals surface area contributed by atoms with Crippen LogP contribution in [-0.2, 0) is 0 Å². The quantitative estimate of drug-likeness (QED) is 0.764. The minimum atomic E-state index is -0.114. The SMILES string of the molecule is Nc1cnccc1C(=O)N(CCO)C1CC1. The molecule has 1 amide bonds. The summed E-state index contributed by atoms with van der Waals surface area (Å²) >= 11 is 0. The Morgan fingerprint density at radius 3 is 2.94 bits per heavy atom. The lowest BCUT2D eigenvalue weighted by Gasteiger charge is -2.21. The number of rotatable bonds is 4. The molecule has 0 spiro atoms. The molecule has 0 bridgehead atoms. The fourth-order valence-corrected chi connectivity index (χ4v) is 1.70. The van der Waals surface area contributed by atoms with Crippen LogP contribution in [0.3, 0.4) is 0 Å². The monoisotopic (exact) mass is 221 g/mol. The van der Waals surface area contributed by atoms with Gasteiger partial charge < -0.3 is 15.7 Å². The predicted molar refractivity (Wildman–Crippen MR) is 59.8 cm³/mol. The van der Waals surface area contributed by atoms with E-state index in [0.717, 1.165) is 12.8 Å². The van der Waals surface area contributed by atoms with E-state index in [9.17, 15) is 4.79 Å². The molecule has 0 aromatic carbocycles. The lowest BCUT2D eigenvalue weighted by Crippen LogP contribution is -2.35. The van der Waals surface area contributed by atoms with E-state index in [2.05, 4.69) is 4.98 Å². The molecule has 16 heavy (non-hydrogen) atoms. The van der Waals surface area contributed by atoms with E-state index in [1.54, 1.807) is 17.2 Å². The Balaban J connectivity index is 2.19. The van der Waals surface area contributed by atoms with Crippen LogP contribution in [0, 0.1) is 0 Å². The summed E-state index contributed by atoms with van der Waals surface area (Å²) < 4.78 is 0. The van der Waals surface area contributed by atoms with E-state index >= 15 is 0 Å². The number of aliphatic hydroxyl groups excluding tert-OH is 1. The van der Waals surface area contributed by atoms with Crippen LogP contribution in [0.15, 0.2) is 18.5 Å². The molecule has 1 fully saturated rings. The number of pyridine rings is 1. The van der Waals surface area contributed by atoms with Crippen molar-refractivity contribution < 1.29 is 9.90 Å². The molecule has 5 heteroatoms. The normalized spacial score (nSPS) is 14.8. The standard InChI is InChI=1S/C11H15N3O2/c12-10-7-13-4-3-9(10)11(16)14(5-6-15)8-1-2-8/h3-4,7-8,15H,1-2,5-6,12H2. The number of hydrogen-bond donors (Lipinski definition) is 2. The molecule has 5 nitrogen and oxygen atoms in total. The van der Waals surface area contributed by atoms with Crippen LogP contribution in [0.2, 0.25) is 0 Å². The van der Waals surface area contributed by atoms with Gasteiger partial charge in [-0.3, -0.25) is 9.78 Å². The minimum absolute atomic E-state index is 0.0206. The average molecular weight is 221 g/mol. The van der Waals surface area contributed by atoms with E-state index in [1.165, 1.54) is 6.20 Å². The van der Waals surface area contributed by atoms with Crippen LogP contribution in [0.5, 0.6) is 0 Å². The van der Waals surface area contributed by atoms with Crippen molar-refractivity contribution in [2.45, 2.75) is 18.9 Å². The Morgan fingerprint density at radius 1 is 1.62 bits per heavy atom. The highest BCUT2D eigenvalue weighted by atomic mass is 16.3. The van der Waals surface area contributed by atoms with E-state index in [1.807, 2.05) is 0 Å². The molecule has 1 aromatic heterocycles. The highest BCUT2D eigenvalue weighted by Crippen LogP contribution is 2.28. The second-order valence-electron chi connectivity index (χ2n) is 3.92. The molecular weight excluding hydrogens is 206 g/mol. The molecule has 1 aliphatic rings. The fraction of sp³-hybridized carbons (Fsp3) is 0.455. The van der Waals surface area contributed by atoms with Crippen LogP contribution in [0.1, 0.15) is 23.2 Å². The summed E-state index contributed by atoms with van der Waals surface area (Å²) in [6.45, 7) is 0.346. The first-order valence-corrected chi connectivity index (χ1v) is 5.35. The van der Waals surface area contributed by atoms with E-state index in [0.29, 0.717) is 17.8 Å². The van der Waals surface area contributed by atoms with Gasteiger partial charge in [0.25, 0.3) is 5.91 Å². The van der Waals surface area contributed by atoms with Crippen molar-refractivity contribution in [3.8, 4) is 0 Å². The van der Waals surface area contributed by atoms with Crippen molar-refractivity contribution >= 4 is 11.6 Å². The van der Waals surface area contributed by atoms with Gasteiger partial charge >= 0.3 is 0 Å². The van der Waals surface area contributed by atoms with E-state index in [4.69, 9.17) is 10.8 Å². The average Bonchev–Trinajstić information content (AvgIpc) is 3.09. The summed E-state index contributed by atoms with van der Waals surface area (Å²) in [4.78, 5) is 17.7. The molecule has 1 aromatic rings. The number of amides is 1. The number of hydrogen-bond acceptors (Lipinski definition) is 4. The van der Waals surface area contributed by atoms with Crippen molar-refractivity contribution in [1.82, 2.24) is 9.88 Å². The maximum atomic E-state index is 12.1. The van der Waals surface area contributed by atoms with Crippen molar-refractivity contribution in [3.05, 3.63) is 24.0 Å². The number of nitrogens with zero attached hydrogens (tertiary/aromatic N) is 2. The maximum absolute atomic E-state index is 12.1. The maximum Gasteiger partial charge on any atom is 0.256 e. The van der Waals surface area contributed by atoms with Gasteiger partial charge in [0.05, 0.1) is 24.1 Å². The summed E-state index contributed by atoms with van der Waals surface area (Å²) in [5, 5.41) is 8.94. The molecular formula is C11H15N3O2. The van der Waals surface area contributed by atoms with Crippen LogP contribution < -0.4 is 5.73 Å². The first kappa shape index (κ1) is 10.9. The number of carbonyl (C=O) groups is 1. The highest BCUT2D eigenvalue weighted by molar-refractivity contribution is 5.99. The van der Waals surface area contributed by atoms with Gasteiger partial charge in [-0.05, 0) is 18.9 Å². The topological polar surface area (TPSA) is 79.5 Å². The second-order valence-corrected chi connectivity index (χ2v) is 3.92. The lowest BCUT2D eigenvalue weighted by atomic mass is 10.2. The largest absolute Gasteiger partial charge is 0.397 e. The molecule has 1 heterocycles. The molecule has 86 valence electrons. The third-order valence-electron chi connectivity index (χ3n) is 2.67. The number of aromatic nitrogens is 1. The zero-order valence-corrected chi connectivity index (χ0v) is 8.97. The Labute approximate surface area is 93.9 Å². The zero-order chi connectivity index (χ0) is 11.5. The number of nitrogen functional groups attached to an aromatic ring is 1. The van der Waals surface area contributed by atoms with Crippen molar-refractivity contribution in [3.63, 3.8) is 0 Å². The van der Waals surface area contributed by atoms with Gasteiger partial charge in [0.2, 0.25) is 0 Å². The number of aliphatic hydroxyl groups is 1. The summed E-state index contributed by atoms with van der Waals surface area (Å²) in [6.07, 6.45) is 5.04. The van der Waals surface area contributed by atoms with E-state index in [-0.39, 0.29) is 18.6 Å². The van der Waals surface area contributed by atoms with Gasteiger partial charge in [-0.15, -0.1) is 0 Å². The Bertz CT molecular complexity index is 391. The molecule has 0 atom stereocenters. The lowest BCUT2D eigenvalue weighted by molar-refractivity contribution is 0.0708. The van der Waals surface area contributed by atoms with Crippen molar-refractivity contribution in [2.75, 3.05) is 18.9 Å². The number of nitrogens with two attached hydrogens (primary N) is 1. The van der Waals surface area contributed by atoms with Gasteiger partial charge in [-0.2, -0.15) is 0 Å². The van der Waals surface area contributed by atoms with Gasteiger partial charge in [0, 0.05) is 18.8 Å². The number of carbonyl (C=O) groups excluding carboxylic acids is 1. The van der Waals surface area contributed by atoms with Gasteiger partial charge in [-0.1, -0.05) is 0 Å². The Kier molecular flexibility index (Phi) is 3.05. The van der Waals surface area contributed by atoms with Gasteiger partial charge in [0.15, 0.2) is 0 Å². The molecule has 0 aliphatic heterocycles. The molecule has 0 radical (unpaired) electrons. The first-order valence-electron chi connectivity index (χ1n) is 5.35. The molecule has 1 aliphatic carbocycles. The Morgan fingerprint density at radius 2 is 2.38 bits per heavy atom. The highest BCUT2D eigenvalue weighted by Gasteiger charge is 2.33. The Hall–Kier alpha value is -1.62. The van der Waals surface area contributed by atoms with Gasteiger partial charge in [-0.25, -0.2) is 0 Å². The molecule has 3 N–H and O–H groups in total. The van der Waals surface area contributed by atoms with Gasteiger partial charge in [0.1, 0.15) is 0 Å². The first-order chi connectivity index (χ1) is 7.74. The van der Waals surface area contributed by atoms with Crippen LogP contribution in [-0.4, -0.2) is 40.1 Å². The third kappa shape index (κ3) is 2.14.